The summed E-state index contributed by atoms with van der Waals surface area (Å²) in [5.74, 6) is 0.821. The summed E-state index contributed by atoms with van der Waals surface area (Å²) in [5, 5.41) is 8.42. The molecule has 0 spiro atoms. The maximum Gasteiger partial charge on any atom is 0.408 e. The van der Waals surface area contributed by atoms with E-state index >= 15 is 0 Å². The van der Waals surface area contributed by atoms with Crippen LogP contribution in [0.2, 0.25) is 0 Å². The summed E-state index contributed by atoms with van der Waals surface area (Å²) in [6, 6.07) is 2.32. The third-order valence-corrected chi connectivity index (χ3v) is 5.75. The predicted octanol–water partition coefficient (Wildman–Crippen LogP) is 3.54. The molecule has 1 unspecified atom stereocenters. The van der Waals surface area contributed by atoms with Crippen LogP contribution in [-0.4, -0.2) is 55.9 Å². The summed E-state index contributed by atoms with van der Waals surface area (Å²) in [4.78, 5) is 38.0. The number of hydrogen-bond acceptors (Lipinski definition) is 6. The van der Waals surface area contributed by atoms with Gasteiger partial charge < -0.3 is 30.2 Å². The van der Waals surface area contributed by atoms with Gasteiger partial charge in [-0.1, -0.05) is 13.8 Å². The summed E-state index contributed by atoms with van der Waals surface area (Å²) < 4.78 is 16.1. The SMILES string of the molecule is COc1cc2c(cc1OC)CC(NC(=O)[C@H](C)NC(=O)[C@H](CC(C)C)NC(=O)OC(C)(C)C)CC2.Cl. The molecule has 0 radical (unpaired) electrons. The zero-order valence-electron chi connectivity index (χ0n) is 22.7. The lowest BCUT2D eigenvalue weighted by molar-refractivity contribution is -0.130. The van der Waals surface area contributed by atoms with E-state index in [9.17, 15) is 14.4 Å². The number of carbonyl (C=O) groups excluding carboxylic acids is 3. The van der Waals surface area contributed by atoms with Crippen LogP contribution in [0.3, 0.4) is 0 Å². The minimum atomic E-state index is -0.802. The quantitative estimate of drug-likeness (QED) is 0.452. The first-order valence-corrected chi connectivity index (χ1v) is 12.2. The first-order valence-electron chi connectivity index (χ1n) is 12.2. The van der Waals surface area contributed by atoms with Gasteiger partial charge in [-0.05, 0) is 82.6 Å². The fourth-order valence-electron chi connectivity index (χ4n) is 4.06. The Balaban J connectivity index is 0.00000648. The molecule has 0 aromatic heterocycles. The maximum atomic E-state index is 12.9. The second-order valence-electron chi connectivity index (χ2n) is 10.5. The van der Waals surface area contributed by atoms with Crippen molar-refractivity contribution in [3.05, 3.63) is 23.3 Å². The fraction of sp³-hybridized carbons (Fsp3) is 0.654. The normalized spacial score (nSPS) is 16.5. The number of carbonyl (C=O) groups is 3. The number of hydrogen-bond donors (Lipinski definition) is 3. The molecule has 10 heteroatoms. The topological polar surface area (TPSA) is 115 Å². The van der Waals surface area contributed by atoms with Crippen LogP contribution < -0.4 is 25.4 Å². The number of methoxy groups -OCH3 is 2. The van der Waals surface area contributed by atoms with Crippen LogP contribution in [0.25, 0.3) is 0 Å². The number of amides is 3. The average molecular weight is 528 g/mol. The number of halogens is 1. The molecular weight excluding hydrogens is 486 g/mol. The Labute approximate surface area is 220 Å². The largest absolute Gasteiger partial charge is 0.493 e. The van der Waals surface area contributed by atoms with Gasteiger partial charge in [-0.2, -0.15) is 0 Å². The average Bonchev–Trinajstić information content (AvgIpc) is 2.75. The van der Waals surface area contributed by atoms with Gasteiger partial charge in [0.25, 0.3) is 0 Å². The number of ether oxygens (including phenoxy) is 3. The minimum absolute atomic E-state index is 0. The number of nitrogens with one attached hydrogen (secondary N) is 3. The molecule has 1 aromatic rings. The van der Waals surface area contributed by atoms with Gasteiger partial charge in [-0.25, -0.2) is 4.79 Å². The molecule has 0 bridgehead atoms. The van der Waals surface area contributed by atoms with Crippen LogP contribution in [0.4, 0.5) is 4.79 Å². The van der Waals surface area contributed by atoms with Crippen LogP contribution in [0.15, 0.2) is 12.1 Å². The lowest BCUT2D eigenvalue weighted by Gasteiger charge is -2.28. The smallest absolute Gasteiger partial charge is 0.408 e. The van der Waals surface area contributed by atoms with E-state index in [4.69, 9.17) is 14.2 Å². The van der Waals surface area contributed by atoms with E-state index in [-0.39, 0.29) is 30.3 Å². The Kier molecular flexibility index (Phi) is 11.8. The molecule has 3 amide bonds. The van der Waals surface area contributed by atoms with Gasteiger partial charge >= 0.3 is 6.09 Å². The third kappa shape index (κ3) is 9.41. The Bertz CT molecular complexity index is 916. The lowest BCUT2D eigenvalue weighted by Crippen LogP contribution is -2.55. The molecule has 0 heterocycles. The van der Waals surface area contributed by atoms with Crippen LogP contribution in [0, 0.1) is 5.92 Å². The van der Waals surface area contributed by atoms with Gasteiger partial charge in [-0.3, -0.25) is 9.59 Å². The van der Waals surface area contributed by atoms with Crippen LogP contribution in [0.1, 0.15) is 65.5 Å². The first-order chi connectivity index (χ1) is 16.3. The summed E-state index contributed by atoms with van der Waals surface area (Å²) in [5.41, 5.74) is 1.61. The fourth-order valence-corrected chi connectivity index (χ4v) is 4.06. The Hall–Kier alpha value is -2.68. The van der Waals surface area contributed by atoms with Gasteiger partial charge in [0.05, 0.1) is 14.2 Å². The molecule has 3 atom stereocenters. The van der Waals surface area contributed by atoms with Crippen molar-refractivity contribution in [1.29, 1.82) is 0 Å². The van der Waals surface area contributed by atoms with Gasteiger partial charge in [0.1, 0.15) is 17.7 Å². The molecule has 0 fully saturated rings. The molecule has 204 valence electrons. The van der Waals surface area contributed by atoms with Crippen molar-refractivity contribution in [2.24, 2.45) is 5.92 Å². The molecular formula is C26H42ClN3O6. The molecule has 9 nitrogen and oxygen atoms in total. The second kappa shape index (κ2) is 13.6. The highest BCUT2D eigenvalue weighted by Crippen LogP contribution is 2.34. The summed E-state index contributed by atoms with van der Waals surface area (Å²) in [6.07, 6.45) is 2.01. The number of aryl methyl sites for hydroxylation is 1. The summed E-state index contributed by atoms with van der Waals surface area (Å²) >= 11 is 0. The molecule has 0 aliphatic heterocycles. The Morgan fingerprint density at radius 2 is 1.56 bits per heavy atom. The van der Waals surface area contributed by atoms with Gasteiger partial charge in [0, 0.05) is 6.04 Å². The van der Waals surface area contributed by atoms with E-state index in [1.54, 1.807) is 41.9 Å². The third-order valence-electron chi connectivity index (χ3n) is 5.75. The van der Waals surface area contributed by atoms with E-state index in [1.807, 2.05) is 26.0 Å². The van der Waals surface area contributed by atoms with E-state index in [0.717, 1.165) is 18.4 Å². The van der Waals surface area contributed by atoms with Crippen LogP contribution in [-0.2, 0) is 27.2 Å². The molecule has 36 heavy (non-hydrogen) atoms. The van der Waals surface area contributed by atoms with E-state index in [2.05, 4.69) is 16.0 Å². The van der Waals surface area contributed by atoms with E-state index < -0.39 is 29.7 Å². The molecule has 0 saturated heterocycles. The Morgan fingerprint density at radius 1 is 0.972 bits per heavy atom. The van der Waals surface area contributed by atoms with Crippen molar-refractivity contribution >= 4 is 30.3 Å². The van der Waals surface area contributed by atoms with Crippen molar-refractivity contribution in [1.82, 2.24) is 16.0 Å². The molecule has 3 N–H and O–H groups in total. The number of benzene rings is 1. The number of rotatable bonds is 9. The zero-order chi connectivity index (χ0) is 26.3. The summed E-state index contributed by atoms with van der Waals surface area (Å²) in [6.45, 7) is 10.8. The second-order valence-corrected chi connectivity index (χ2v) is 10.5. The van der Waals surface area contributed by atoms with Crippen LogP contribution >= 0.6 is 12.4 Å². The standard InChI is InChI=1S/C26H41N3O6.ClH/c1-15(2)11-20(29-25(32)35-26(4,5)6)24(31)27-16(3)23(30)28-19-10-9-17-13-21(33-7)22(34-8)14-18(17)12-19;/h13-16,19-20H,9-12H2,1-8H3,(H,27,31)(H,28,30)(H,29,32);1H/t16-,19?,20-;/m0./s1. The van der Waals surface area contributed by atoms with Crippen molar-refractivity contribution in [2.75, 3.05) is 14.2 Å². The highest BCUT2D eigenvalue weighted by atomic mass is 35.5. The molecule has 1 aliphatic carbocycles. The van der Waals surface area contributed by atoms with Gasteiger partial charge in [0.2, 0.25) is 11.8 Å². The Morgan fingerprint density at radius 3 is 2.08 bits per heavy atom. The predicted molar refractivity (Wildman–Crippen MR) is 141 cm³/mol. The first kappa shape index (κ1) is 31.4. The molecule has 0 saturated carbocycles. The van der Waals surface area contributed by atoms with Crippen LogP contribution in [0.5, 0.6) is 11.5 Å². The van der Waals surface area contributed by atoms with Crippen molar-refractivity contribution in [3.63, 3.8) is 0 Å². The van der Waals surface area contributed by atoms with E-state index in [0.29, 0.717) is 24.3 Å². The van der Waals surface area contributed by atoms with Gasteiger partial charge in [0.15, 0.2) is 11.5 Å². The molecule has 1 aliphatic rings. The monoisotopic (exact) mass is 527 g/mol. The highest BCUT2D eigenvalue weighted by molar-refractivity contribution is 5.91. The lowest BCUT2D eigenvalue weighted by atomic mass is 9.87. The van der Waals surface area contributed by atoms with Crippen molar-refractivity contribution < 1.29 is 28.6 Å². The minimum Gasteiger partial charge on any atom is -0.493 e. The van der Waals surface area contributed by atoms with Crippen molar-refractivity contribution in [3.8, 4) is 11.5 Å². The van der Waals surface area contributed by atoms with Crippen molar-refractivity contribution in [2.45, 2.75) is 91.0 Å². The summed E-state index contributed by atoms with van der Waals surface area (Å²) in [7, 11) is 3.21. The van der Waals surface area contributed by atoms with Gasteiger partial charge in [-0.15, -0.1) is 12.4 Å². The highest BCUT2D eigenvalue weighted by Gasteiger charge is 2.29. The van der Waals surface area contributed by atoms with E-state index in [1.165, 1.54) is 5.56 Å². The molecule has 1 aromatic carbocycles. The maximum absolute atomic E-state index is 12.9. The zero-order valence-corrected chi connectivity index (χ0v) is 23.5. The number of fused-ring (bicyclic) bond motifs is 1. The molecule has 2 rings (SSSR count). The number of alkyl carbamates (subject to hydrolysis) is 1.